The van der Waals surface area contributed by atoms with Crippen LogP contribution in [0.1, 0.15) is 28.9 Å². The summed E-state index contributed by atoms with van der Waals surface area (Å²) >= 11 is 7.72. The summed E-state index contributed by atoms with van der Waals surface area (Å²) in [7, 11) is 0. The van der Waals surface area contributed by atoms with Gasteiger partial charge < -0.3 is 4.90 Å². The van der Waals surface area contributed by atoms with Crippen LogP contribution in [0.5, 0.6) is 0 Å². The van der Waals surface area contributed by atoms with E-state index in [0.717, 1.165) is 23.7 Å². The predicted octanol–water partition coefficient (Wildman–Crippen LogP) is 4.16. The molecule has 2 aromatic carbocycles. The predicted molar refractivity (Wildman–Crippen MR) is 116 cm³/mol. The molecule has 4 nitrogen and oxygen atoms in total. The molecule has 1 amide bonds. The third-order valence-electron chi connectivity index (χ3n) is 5.12. The number of thioether (sulfide) groups is 1. The first-order chi connectivity index (χ1) is 13.6. The summed E-state index contributed by atoms with van der Waals surface area (Å²) in [6.45, 7) is 5.23. The lowest BCUT2D eigenvalue weighted by atomic mass is 10.1. The number of hydrogen-bond acceptors (Lipinski definition) is 4. The number of piperazine rings is 1. The number of amides is 1. The summed E-state index contributed by atoms with van der Waals surface area (Å²) in [5.74, 6) is 0.852. The first-order valence-electron chi connectivity index (χ1n) is 9.48. The van der Waals surface area contributed by atoms with Crippen LogP contribution in [0.4, 0.5) is 0 Å². The second-order valence-electron chi connectivity index (χ2n) is 6.90. The second-order valence-corrected chi connectivity index (χ2v) is 8.29. The average molecular weight is 417 g/mol. The van der Waals surface area contributed by atoms with Crippen molar-refractivity contribution in [1.29, 1.82) is 0 Å². The van der Waals surface area contributed by atoms with E-state index in [9.17, 15) is 9.59 Å². The number of carbonyl (C=O) groups excluding carboxylic acids is 2. The topological polar surface area (TPSA) is 40.6 Å². The first kappa shape index (κ1) is 20.9. The van der Waals surface area contributed by atoms with Gasteiger partial charge in [0.25, 0.3) is 0 Å². The Balaban J connectivity index is 1.42. The van der Waals surface area contributed by atoms with E-state index >= 15 is 0 Å². The lowest BCUT2D eigenvalue weighted by Crippen LogP contribution is -2.49. The molecule has 6 heteroatoms. The Bertz CT molecular complexity index is 807. The molecule has 1 fully saturated rings. The van der Waals surface area contributed by atoms with Gasteiger partial charge in [-0.25, -0.2) is 0 Å². The molecule has 2 aromatic rings. The molecule has 1 atom stereocenters. The normalized spacial score (nSPS) is 16.0. The molecule has 0 radical (unpaired) electrons. The summed E-state index contributed by atoms with van der Waals surface area (Å²) in [6, 6.07) is 17.4. The molecule has 1 aliphatic rings. The van der Waals surface area contributed by atoms with Crippen molar-refractivity contribution in [1.82, 2.24) is 9.80 Å². The van der Waals surface area contributed by atoms with Gasteiger partial charge in [-0.2, -0.15) is 0 Å². The van der Waals surface area contributed by atoms with E-state index in [2.05, 4.69) is 17.9 Å². The molecule has 1 aliphatic heterocycles. The van der Waals surface area contributed by atoms with Gasteiger partial charge in [0.15, 0.2) is 5.78 Å². The highest BCUT2D eigenvalue weighted by Gasteiger charge is 2.25. The molecule has 0 aliphatic carbocycles. The SMILES string of the molecule is CC(c1ccccc1Cl)N1CCN(C(=O)CSCC(=O)c2ccccc2)CC1. The van der Waals surface area contributed by atoms with Gasteiger partial charge in [-0.05, 0) is 18.6 Å². The maximum atomic E-state index is 12.5. The highest BCUT2D eigenvalue weighted by molar-refractivity contribution is 8.00. The molecular formula is C22H25ClN2O2S. The van der Waals surface area contributed by atoms with Gasteiger partial charge in [-0.1, -0.05) is 60.1 Å². The molecule has 3 rings (SSSR count). The summed E-state index contributed by atoms with van der Waals surface area (Å²) in [6.07, 6.45) is 0. The van der Waals surface area contributed by atoms with Crippen molar-refractivity contribution in [2.24, 2.45) is 0 Å². The van der Waals surface area contributed by atoms with Crippen LogP contribution in [-0.2, 0) is 4.79 Å². The number of benzene rings is 2. The molecule has 1 unspecified atom stereocenters. The van der Waals surface area contributed by atoms with Crippen molar-refractivity contribution < 1.29 is 9.59 Å². The van der Waals surface area contributed by atoms with Crippen LogP contribution in [0.15, 0.2) is 54.6 Å². The van der Waals surface area contributed by atoms with Gasteiger partial charge in [0.2, 0.25) is 5.91 Å². The minimum Gasteiger partial charge on any atom is -0.339 e. The Labute approximate surface area is 175 Å². The molecule has 28 heavy (non-hydrogen) atoms. The third kappa shape index (κ3) is 5.37. The Morgan fingerprint density at radius 3 is 2.29 bits per heavy atom. The molecule has 0 bridgehead atoms. The van der Waals surface area contributed by atoms with Crippen LogP contribution >= 0.6 is 23.4 Å². The zero-order chi connectivity index (χ0) is 19.9. The van der Waals surface area contributed by atoms with E-state index in [1.54, 1.807) is 0 Å². The smallest absolute Gasteiger partial charge is 0.232 e. The van der Waals surface area contributed by atoms with Crippen LogP contribution in [0.3, 0.4) is 0 Å². The molecule has 0 saturated carbocycles. The molecule has 0 aromatic heterocycles. The van der Waals surface area contributed by atoms with Crippen molar-refractivity contribution in [2.75, 3.05) is 37.7 Å². The number of hydrogen-bond donors (Lipinski definition) is 0. The fraction of sp³-hybridized carbons (Fsp3) is 0.364. The summed E-state index contributed by atoms with van der Waals surface area (Å²) in [4.78, 5) is 28.8. The van der Waals surface area contributed by atoms with Crippen LogP contribution in [0.2, 0.25) is 5.02 Å². The average Bonchev–Trinajstić information content (AvgIpc) is 2.74. The van der Waals surface area contributed by atoms with Gasteiger partial charge in [-0.15, -0.1) is 11.8 Å². The van der Waals surface area contributed by atoms with Gasteiger partial charge in [0, 0.05) is 42.8 Å². The largest absolute Gasteiger partial charge is 0.339 e. The molecule has 148 valence electrons. The Morgan fingerprint density at radius 2 is 1.61 bits per heavy atom. The van der Waals surface area contributed by atoms with E-state index in [-0.39, 0.29) is 17.7 Å². The van der Waals surface area contributed by atoms with Gasteiger partial charge in [-0.3, -0.25) is 14.5 Å². The standard InChI is InChI=1S/C22H25ClN2O2S/c1-17(19-9-5-6-10-20(19)23)24-11-13-25(14-12-24)22(27)16-28-15-21(26)18-7-3-2-4-8-18/h2-10,17H,11-16H2,1H3. The fourth-order valence-corrected chi connectivity index (χ4v) is 4.50. The van der Waals surface area contributed by atoms with Gasteiger partial charge >= 0.3 is 0 Å². The fourth-order valence-electron chi connectivity index (χ4n) is 3.40. The molecular weight excluding hydrogens is 392 g/mol. The second kappa shape index (κ2) is 10.1. The molecule has 0 spiro atoms. The molecule has 1 heterocycles. The van der Waals surface area contributed by atoms with Crippen molar-refractivity contribution >= 4 is 35.1 Å². The monoisotopic (exact) mass is 416 g/mol. The minimum absolute atomic E-state index is 0.0665. The number of Topliss-reactive ketones (excluding diaryl/α,β-unsaturated/α-hetero) is 1. The van der Waals surface area contributed by atoms with E-state index in [1.165, 1.54) is 11.8 Å². The number of ketones is 1. The Morgan fingerprint density at radius 1 is 0.964 bits per heavy atom. The van der Waals surface area contributed by atoms with E-state index in [0.29, 0.717) is 30.2 Å². The summed E-state index contributed by atoms with van der Waals surface area (Å²) in [5, 5.41) is 0.785. The quantitative estimate of drug-likeness (QED) is 0.635. The van der Waals surface area contributed by atoms with Crippen LogP contribution in [-0.4, -0.2) is 59.2 Å². The maximum absolute atomic E-state index is 12.5. The lowest BCUT2D eigenvalue weighted by molar-refractivity contribution is -0.130. The van der Waals surface area contributed by atoms with E-state index < -0.39 is 0 Å². The highest BCUT2D eigenvalue weighted by Crippen LogP contribution is 2.27. The Hall–Kier alpha value is -1.82. The van der Waals surface area contributed by atoms with Crippen LogP contribution < -0.4 is 0 Å². The minimum atomic E-state index is 0.0665. The molecule has 1 saturated heterocycles. The van der Waals surface area contributed by atoms with E-state index in [1.807, 2.05) is 53.4 Å². The Kier molecular flexibility index (Phi) is 7.54. The zero-order valence-corrected chi connectivity index (χ0v) is 17.6. The molecule has 0 N–H and O–H groups in total. The van der Waals surface area contributed by atoms with Crippen molar-refractivity contribution in [3.63, 3.8) is 0 Å². The van der Waals surface area contributed by atoms with E-state index in [4.69, 9.17) is 11.6 Å². The number of rotatable bonds is 7. The summed E-state index contributed by atoms with van der Waals surface area (Å²) < 4.78 is 0. The number of nitrogens with zero attached hydrogens (tertiary/aromatic N) is 2. The van der Waals surface area contributed by atoms with Crippen LogP contribution in [0.25, 0.3) is 0 Å². The van der Waals surface area contributed by atoms with Crippen molar-refractivity contribution in [2.45, 2.75) is 13.0 Å². The lowest BCUT2D eigenvalue weighted by Gasteiger charge is -2.38. The maximum Gasteiger partial charge on any atom is 0.232 e. The van der Waals surface area contributed by atoms with Crippen molar-refractivity contribution in [3.05, 3.63) is 70.7 Å². The first-order valence-corrected chi connectivity index (χ1v) is 11.0. The highest BCUT2D eigenvalue weighted by atomic mass is 35.5. The number of carbonyl (C=O) groups is 2. The zero-order valence-electron chi connectivity index (χ0n) is 16.0. The van der Waals surface area contributed by atoms with Crippen molar-refractivity contribution in [3.8, 4) is 0 Å². The van der Waals surface area contributed by atoms with Gasteiger partial charge in [0.1, 0.15) is 0 Å². The third-order valence-corrected chi connectivity index (χ3v) is 6.39. The van der Waals surface area contributed by atoms with Crippen LogP contribution in [0, 0.1) is 0 Å². The van der Waals surface area contributed by atoms with Gasteiger partial charge in [0.05, 0.1) is 11.5 Å². The summed E-state index contributed by atoms with van der Waals surface area (Å²) in [5.41, 5.74) is 1.82. The number of halogens is 1.